The number of nitrogens with one attached hydrogen (secondary N) is 1. The maximum absolute atomic E-state index is 4.66. The van der Waals surface area contributed by atoms with Crippen LogP contribution in [0.5, 0.6) is 0 Å². The van der Waals surface area contributed by atoms with Gasteiger partial charge in [0.15, 0.2) is 0 Å². The number of aromatic nitrogens is 2. The molecule has 2 unspecified atom stereocenters. The molecule has 18 heavy (non-hydrogen) atoms. The van der Waals surface area contributed by atoms with Crippen LogP contribution in [0.1, 0.15) is 44.5 Å². The van der Waals surface area contributed by atoms with E-state index in [-0.39, 0.29) is 0 Å². The largest absolute Gasteiger partial charge is 0.319 e. The Morgan fingerprint density at radius 2 is 2.11 bits per heavy atom. The van der Waals surface area contributed by atoms with Crippen molar-refractivity contribution in [2.24, 2.45) is 11.8 Å². The molecule has 0 aromatic carbocycles. The fraction of sp³-hybridized carbons (Fsp3) is 0.800. The lowest BCUT2D eigenvalue weighted by atomic mass is 9.91. The van der Waals surface area contributed by atoms with Gasteiger partial charge in [-0.15, -0.1) is 0 Å². The van der Waals surface area contributed by atoms with Crippen molar-refractivity contribution in [2.75, 3.05) is 13.6 Å². The SMILES string of the molecule is CCc1cc(CC2CCCC2CNC)n(CC)n1. The highest BCUT2D eigenvalue weighted by atomic mass is 15.3. The van der Waals surface area contributed by atoms with Crippen LogP contribution in [0, 0.1) is 11.8 Å². The molecule has 0 amide bonds. The first-order chi connectivity index (χ1) is 8.78. The standard InChI is InChI=1S/C15H27N3/c1-4-14-10-15(18(5-2)17-14)9-12-7-6-8-13(12)11-16-3/h10,12-13,16H,4-9,11H2,1-3H3. The quantitative estimate of drug-likeness (QED) is 0.840. The van der Waals surface area contributed by atoms with E-state index >= 15 is 0 Å². The fourth-order valence-corrected chi connectivity index (χ4v) is 3.31. The second-order valence-electron chi connectivity index (χ2n) is 5.51. The monoisotopic (exact) mass is 249 g/mol. The van der Waals surface area contributed by atoms with Crippen LogP contribution >= 0.6 is 0 Å². The Balaban J connectivity index is 2.05. The zero-order valence-corrected chi connectivity index (χ0v) is 12.1. The molecule has 1 aliphatic rings. The van der Waals surface area contributed by atoms with Gasteiger partial charge in [0.1, 0.15) is 0 Å². The summed E-state index contributed by atoms with van der Waals surface area (Å²) in [6.07, 6.45) is 6.45. The molecule has 1 N–H and O–H groups in total. The zero-order valence-electron chi connectivity index (χ0n) is 12.1. The van der Waals surface area contributed by atoms with Gasteiger partial charge >= 0.3 is 0 Å². The van der Waals surface area contributed by atoms with Gasteiger partial charge in [-0.2, -0.15) is 5.10 Å². The second-order valence-corrected chi connectivity index (χ2v) is 5.51. The first-order valence-electron chi connectivity index (χ1n) is 7.48. The molecule has 1 aromatic heterocycles. The van der Waals surface area contributed by atoms with Crippen LogP contribution in [0.3, 0.4) is 0 Å². The molecular formula is C15H27N3. The summed E-state index contributed by atoms with van der Waals surface area (Å²) in [5, 5.41) is 8.01. The van der Waals surface area contributed by atoms with Crippen molar-refractivity contribution in [3.05, 3.63) is 17.5 Å². The van der Waals surface area contributed by atoms with E-state index in [1.165, 1.54) is 43.6 Å². The minimum atomic E-state index is 0.851. The molecule has 3 heteroatoms. The van der Waals surface area contributed by atoms with Gasteiger partial charge in [0.05, 0.1) is 5.69 Å². The third-order valence-electron chi connectivity index (χ3n) is 4.33. The van der Waals surface area contributed by atoms with E-state index in [0.29, 0.717) is 0 Å². The van der Waals surface area contributed by atoms with Crippen molar-refractivity contribution >= 4 is 0 Å². The second kappa shape index (κ2) is 6.37. The van der Waals surface area contributed by atoms with Crippen LogP contribution in [0.25, 0.3) is 0 Å². The van der Waals surface area contributed by atoms with Crippen molar-refractivity contribution in [1.82, 2.24) is 15.1 Å². The minimum absolute atomic E-state index is 0.851. The van der Waals surface area contributed by atoms with Crippen molar-refractivity contribution in [2.45, 2.75) is 52.5 Å². The van der Waals surface area contributed by atoms with Crippen molar-refractivity contribution in [1.29, 1.82) is 0 Å². The Hall–Kier alpha value is -0.830. The molecular weight excluding hydrogens is 222 g/mol. The molecule has 102 valence electrons. The van der Waals surface area contributed by atoms with Crippen LogP contribution in [-0.2, 0) is 19.4 Å². The normalized spacial score (nSPS) is 23.7. The summed E-state index contributed by atoms with van der Waals surface area (Å²) in [6.45, 7) is 6.55. The highest BCUT2D eigenvalue weighted by Gasteiger charge is 2.27. The summed E-state index contributed by atoms with van der Waals surface area (Å²) in [5.41, 5.74) is 2.69. The Morgan fingerprint density at radius 1 is 1.33 bits per heavy atom. The average Bonchev–Trinajstić information content (AvgIpc) is 2.97. The van der Waals surface area contributed by atoms with Gasteiger partial charge in [-0.05, 0) is 64.1 Å². The van der Waals surface area contributed by atoms with Gasteiger partial charge in [-0.25, -0.2) is 0 Å². The summed E-state index contributed by atoms with van der Waals surface area (Å²) in [7, 11) is 2.07. The van der Waals surface area contributed by atoms with E-state index in [0.717, 1.165) is 24.8 Å². The zero-order chi connectivity index (χ0) is 13.0. The molecule has 0 bridgehead atoms. The molecule has 1 saturated carbocycles. The third kappa shape index (κ3) is 2.94. The van der Waals surface area contributed by atoms with Gasteiger partial charge < -0.3 is 5.32 Å². The van der Waals surface area contributed by atoms with E-state index in [1.54, 1.807) is 0 Å². The lowest BCUT2D eigenvalue weighted by Gasteiger charge is -2.19. The first kappa shape index (κ1) is 13.6. The summed E-state index contributed by atoms with van der Waals surface area (Å²) in [6, 6.07) is 2.32. The predicted molar refractivity (Wildman–Crippen MR) is 75.7 cm³/mol. The molecule has 0 saturated heterocycles. The molecule has 1 fully saturated rings. The fourth-order valence-electron chi connectivity index (χ4n) is 3.31. The topological polar surface area (TPSA) is 29.9 Å². The number of nitrogens with zero attached hydrogens (tertiary/aromatic N) is 2. The van der Waals surface area contributed by atoms with Gasteiger partial charge in [-0.3, -0.25) is 4.68 Å². The summed E-state index contributed by atoms with van der Waals surface area (Å²) >= 11 is 0. The van der Waals surface area contributed by atoms with Crippen molar-refractivity contribution in [3.8, 4) is 0 Å². The van der Waals surface area contributed by atoms with Gasteiger partial charge in [0, 0.05) is 12.2 Å². The molecule has 1 heterocycles. The smallest absolute Gasteiger partial charge is 0.0624 e. The lowest BCUT2D eigenvalue weighted by Crippen LogP contribution is -2.24. The van der Waals surface area contributed by atoms with Gasteiger partial charge in [-0.1, -0.05) is 13.3 Å². The maximum Gasteiger partial charge on any atom is 0.0624 e. The van der Waals surface area contributed by atoms with Crippen LogP contribution in [0.15, 0.2) is 6.07 Å². The first-order valence-corrected chi connectivity index (χ1v) is 7.48. The predicted octanol–water partition coefficient (Wildman–Crippen LogP) is 2.64. The van der Waals surface area contributed by atoms with E-state index < -0.39 is 0 Å². The number of hydrogen-bond acceptors (Lipinski definition) is 2. The summed E-state index contributed by atoms with van der Waals surface area (Å²) < 4.78 is 2.20. The van der Waals surface area contributed by atoms with Crippen LogP contribution in [0.2, 0.25) is 0 Å². The molecule has 0 spiro atoms. The Labute approximate surface area is 111 Å². The number of rotatable bonds is 6. The number of aryl methyl sites for hydroxylation is 2. The molecule has 1 aliphatic carbocycles. The molecule has 0 aliphatic heterocycles. The van der Waals surface area contributed by atoms with Crippen LogP contribution in [-0.4, -0.2) is 23.4 Å². The highest BCUT2D eigenvalue weighted by Crippen LogP contribution is 2.33. The maximum atomic E-state index is 4.66. The van der Waals surface area contributed by atoms with E-state index in [4.69, 9.17) is 0 Å². The molecule has 3 nitrogen and oxygen atoms in total. The lowest BCUT2D eigenvalue weighted by molar-refractivity contribution is 0.365. The Bertz CT molecular complexity index is 370. The Morgan fingerprint density at radius 3 is 2.78 bits per heavy atom. The number of hydrogen-bond donors (Lipinski definition) is 1. The van der Waals surface area contributed by atoms with E-state index in [1.807, 2.05) is 0 Å². The molecule has 2 rings (SSSR count). The highest BCUT2D eigenvalue weighted by molar-refractivity contribution is 5.12. The third-order valence-corrected chi connectivity index (χ3v) is 4.33. The molecule has 2 atom stereocenters. The average molecular weight is 249 g/mol. The van der Waals surface area contributed by atoms with E-state index in [9.17, 15) is 0 Å². The van der Waals surface area contributed by atoms with Gasteiger partial charge in [0.25, 0.3) is 0 Å². The van der Waals surface area contributed by atoms with Crippen molar-refractivity contribution < 1.29 is 0 Å². The van der Waals surface area contributed by atoms with Crippen molar-refractivity contribution in [3.63, 3.8) is 0 Å². The summed E-state index contributed by atoms with van der Waals surface area (Å²) in [5.74, 6) is 1.71. The molecule has 0 radical (unpaired) electrons. The van der Waals surface area contributed by atoms with Gasteiger partial charge in [0.2, 0.25) is 0 Å². The van der Waals surface area contributed by atoms with Crippen LogP contribution < -0.4 is 5.32 Å². The Kier molecular flexibility index (Phi) is 4.81. The molecule has 1 aromatic rings. The minimum Gasteiger partial charge on any atom is -0.319 e. The summed E-state index contributed by atoms with van der Waals surface area (Å²) in [4.78, 5) is 0. The van der Waals surface area contributed by atoms with E-state index in [2.05, 4.69) is 42.1 Å². The van der Waals surface area contributed by atoms with Crippen LogP contribution in [0.4, 0.5) is 0 Å².